The average Bonchev–Trinajstić information content (AvgIpc) is 2.42. The molecule has 0 heterocycles. The van der Waals surface area contributed by atoms with E-state index in [0.29, 0.717) is 5.69 Å². The first-order valence-corrected chi connectivity index (χ1v) is 7.47. The number of nitrogens with two attached hydrogens (primary N) is 1. The minimum absolute atomic E-state index is 0.126. The summed E-state index contributed by atoms with van der Waals surface area (Å²) in [5.41, 5.74) is 5.68. The number of sulfonamides is 1. The number of nitrogens with zero attached hydrogens (tertiary/aromatic N) is 1. The molecule has 21 heavy (non-hydrogen) atoms. The predicted octanol–water partition coefficient (Wildman–Crippen LogP) is 2.73. The van der Waals surface area contributed by atoms with Crippen LogP contribution in [0.3, 0.4) is 0 Å². The quantitative estimate of drug-likeness (QED) is 0.848. The van der Waals surface area contributed by atoms with Crippen molar-refractivity contribution < 1.29 is 12.8 Å². The molecular formula is C13H9ClFN3O2S. The van der Waals surface area contributed by atoms with E-state index in [0.717, 1.165) is 18.2 Å². The fraction of sp³-hybridized carbons (Fsp3) is 0. The molecule has 0 aliphatic carbocycles. The molecule has 3 N–H and O–H groups in total. The maximum absolute atomic E-state index is 13.2. The third-order valence-electron chi connectivity index (χ3n) is 2.61. The van der Waals surface area contributed by atoms with Gasteiger partial charge in [-0.15, -0.1) is 0 Å². The Labute approximate surface area is 125 Å². The Kier molecular flexibility index (Phi) is 4.02. The van der Waals surface area contributed by atoms with Crippen molar-refractivity contribution in [3.63, 3.8) is 0 Å². The fourth-order valence-electron chi connectivity index (χ4n) is 1.58. The largest absolute Gasteiger partial charge is 0.399 e. The van der Waals surface area contributed by atoms with Gasteiger partial charge in [0, 0.05) is 5.69 Å². The molecule has 0 saturated heterocycles. The standard InChI is InChI=1S/C13H9ClFN3O2S/c14-11-6-9(17)1-4-13(11)18-21(19,20)10-2-3-12(15)8(5-10)7-16/h1-6,18H,17H2. The molecule has 108 valence electrons. The van der Waals surface area contributed by atoms with Gasteiger partial charge >= 0.3 is 0 Å². The molecule has 0 aliphatic rings. The third-order valence-corrected chi connectivity index (χ3v) is 4.28. The number of nitriles is 1. The number of hydrogen-bond donors (Lipinski definition) is 2. The Morgan fingerprint density at radius 3 is 2.57 bits per heavy atom. The van der Waals surface area contributed by atoms with E-state index < -0.39 is 15.8 Å². The first-order chi connectivity index (χ1) is 9.83. The number of hydrogen-bond acceptors (Lipinski definition) is 4. The summed E-state index contributed by atoms with van der Waals surface area (Å²) >= 11 is 5.89. The Hall–Kier alpha value is -2.30. The van der Waals surface area contributed by atoms with Crippen molar-refractivity contribution in [3.05, 3.63) is 52.8 Å². The summed E-state index contributed by atoms with van der Waals surface area (Å²) in [6.45, 7) is 0. The van der Waals surface area contributed by atoms with Gasteiger partial charge in [0.25, 0.3) is 10.0 Å². The summed E-state index contributed by atoms with van der Waals surface area (Å²) in [6.07, 6.45) is 0. The lowest BCUT2D eigenvalue weighted by molar-refractivity contribution is 0.599. The van der Waals surface area contributed by atoms with Gasteiger partial charge in [-0.05, 0) is 36.4 Å². The van der Waals surface area contributed by atoms with Crippen LogP contribution < -0.4 is 10.5 Å². The van der Waals surface area contributed by atoms with E-state index in [-0.39, 0.29) is 21.2 Å². The first kappa shape index (κ1) is 15.1. The fourth-order valence-corrected chi connectivity index (χ4v) is 2.97. The van der Waals surface area contributed by atoms with Gasteiger partial charge in [0.05, 0.1) is 21.2 Å². The summed E-state index contributed by atoms with van der Waals surface area (Å²) in [5.74, 6) is -0.790. The molecule has 0 fully saturated rings. The maximum atomic E-state index is 13.2. The van der Waals surface area contributed by atoms with Crippen molar-refractivity contribution >= 4 is 33.0 Å². The highest BCUT2D eigenvalue weighted by Gasteiger charge is 2.17. The molecule has 8 heteroatoms. The Bertz CT molecular complexity index is 847. The SMILES string of the molecule is N#Cc1cc(S(=O)(=O)Nc2ccc(N)cc2Cl)ccc1F. The summed E-state index contributed by atoms with van der Waals surface area (Å²) in [5, 5.41) is 8.86. The van der Waals surface area contributed by atoms with Crippen LogP contribution in [0.4, 0.5) is 15.8 Å². The summed E-state index contributed by atoms with van der Waals surface area (Å²) in [7, 11) is -3.99. The smallest absolute Gasteiger partial charge is 0.261 e. The number of nitrogens with one attached hydrogen (secondary N) is 1. The van der Waals surface area contributed by atoms with Crippen LogP contribution >= 0.6 is 11.6 Å². The van der Waals surface area contributed by atoms with Gasteiger partial charge in [-0.25, -0.2) is 12.8 Å². The van der Waals surface area contributed by atoms with Crippen LogP contribution in [-0.4, -0.2) is 8.42 Å². The van der Waals surface area contributed by atoms with Crippen molar-refractivity contribution in [2.24, 2.45) is 0 Å². The lowest BCUT2D eigenvalue weighted by Gasteiger charge is -2.10. The number of halogens is 2. The van der Waals surface area contributed by atoms with E-state index >= 15 is 0 Å². The number of anilines is 2. The zero-order chi connectivity index (χ0) is 15.6. The molecule has 0 unspecified atom stereocenters. The third kappa shape index (κ3) is 3.24. The second-order valence-corrected chi connectivity index (χ2v) is 6.19. The predicted molar refractivity (Wildman–Crippen MR) is 77.8 cm³/mol. The summed E-state index contributed by atoms with van der Waals surface area (Å²) in [4.78, 5) is -0.242. The topological polar surface area (TPSA) is 96.0 Å². The van der Waals surface area contributed by atoms with E-state index in [9.17, 15) is 12.8 Å². The van der Waals surface area contributed by atoms with Crippen LogP contribution in [0.25, 0.3) is 0 Å². The maximum Gasteiger partial charge on any atom is 0.261 e. The van der Waals surface area contributed by atoms with Gasteiger partial charge in [-0.3, -0.25) is 4.72 Å². The second-order valence-electron chi connectivity index (χ2n) is 4.10. The van der Waals surface area contributed by atoms with Gasteiger partial charge in [-0.2, -0.15) is 5.26 Å². The number of nitrogen functional groups attached to an aromatic ring is 1. The van der Waals surface area contributed by atoms with Crippen LogP contribution in [0.2, 0.25) is 5.02 Å². The molecule has 0 aromatic heterocycles. The Morgan fingerprint density at radius 2 is 1.95 bits per heavy atom. The molecule has 0 bridgehead atoms. The summed E-state index contributed by atoms with van der Waals surface area (Å²) < 4.78 is 39.8. The van der Waals surface area contributed by atoms with Crippen molar-refractivity contribution in [2.75, 3.05) is 10.5 Å². The van der Waals surface area contributed by atoms with Crippen LogP contribution in [0.5, 0.6) is 0 Å². The Morgan fingerprint density at radius 1 is 1.24 bits per heavy atom. The molecule has 0 amide bonds. The molecule has 0 aliphatic heterocycles. The summed E-state index contributed by atoms with van der Waals surface area (Å²) in [6, 6.07) is 8.78. The highest BCUT2D eigenvalue weighted by molar-refractivity contribution is 7.92. The van der Waals surface area contributed by atoms with E-state index in [4.69, 9.17) is 22.6 Å². The normalized spacial score (nSPS) is 10.9. The van der Waals surface area contributed by atoms with E-state index in [1.807, 2.05) is 0 Å². The van der Waals surface area contributed by atoms with Crippen molar-refractivity contribution in [3.8, 4) is 6.07 Å². The van der Waals surface area contributed by atoms with E-state index in [1.165, 1.54) is 18.2 Å². The van der Waals surface area contributed by atoms with Crippen LogP contribution in [0.15, 0.2) is 41.3 Å². The van der Waals surface area contributed by atoms with Crippen molar-refractivity contribution in [2.45, 2.75) is 4.90 Å². The van der Waals surface area contributed by atoms with Crippen molar-refractivity contribution in [1.29, 1.82) is 5.26 Å². The Balaban J connectivity index is 2.41. The van der Waals surface area contributed by atoms with Gasteiger partial charge < -0.3 is 5.73 Å². The molecule has 2 aromatic rings. The molecule has 0 radical (unpaired) electrons. The molecular weight excluding hydrogens is 317 g/mol. The second kappa shape index (κ2) is 5.60. The molecule has 2 aromatic carbocycles. The molecule has 0 spiro atoms. The van der Waals surface area contributed by atoms with E-state index in [1.54, 1.807) is 6.07 Å². The zero-order valence-corrected chi connectivity index (χ0v) is 12.0. The van der Waals surface area contributed by atoms with Gasteiger partial charge in [-0.1, -0.05) is 11.6 Å². The molecule has 0 saturated carbocycles. The zero-order valence-electron chi connectivity index (χ0n) is 10.5. The van der Waals surface area contributed by atoms with Gasteiger partial charge in [0.15, 0.2) is 0 Å². The van der Waals surface area contributed by atoms with Crippen LogP contribution in [-0.2, 0) is 10.0 Å². The molecule has 5 nitrogen and oxygen atoms in total. The van der Waals surface area contributed by atoms with Crippen LogP contribution in [0.1, 0.15) is 5.56 Å². The average molecular weight is 326 g/mol. The lowest BCUT2D eigenvalue weighted by Crippen LogP contribution is -2.13. The van der Waals surface area contributed by atoms with Gasteiger partial charge in [0.2, 0.25) is 0 Å². The highest BCUT2D eigenvalue weighted by atomic mass is 35.5. The number of benzene rings is 2. The number of rotatable bonds is 3. The molecule has 0 atom stereocenters. The van der Waals surface area contributed by atoms with Crippen molar-refractivity contribution in [1.82, 2.24) is 0 Å². The monoisotopic (exact) mass is 325 g/mol. The van der Waals surface area contributed by atoms with E-state index in [2.05, 4.69) is 4.72 Å². The molecule has 2 rings (SSSR count). The minimum atomic E-state index is -3.99. The first-order valence-electron chi connectivity index (χ1n) is 5.61. The lowest BCUT2D eigenvalue weighted by atomic mass is 10.2. The minimum Gasteiger partial charge on any atom is -0.399 e. The highest BCUT2D eigenvalue weighted by Crippen LogP contribution is 2.27. The van der Waals surface area contributed by atoms with Crippen LogP contribution in [0, 0.1) is 17.1 Å². The van der Waals surface area contributed by atoms with Gasteiger partial charge in [0.1, 0.15) is 11.9 Å².